The van der Waals surface area contributed by atoms with Gasteiger partial charge in [-0.15, -0.1) is 0 Å². The number of hydrogen-bond acceptors (Lipinski definition) is 7. The first-order chi connectivity index (χ1) is 24.6. The normalized spacial score (nSPS) is 13.5. The molecule has 0 bridgehead atoms. The lowest BCUT2D eigenvalue weighted by atomic mass is 9.92. The molecule has 2 atom stereocenters. The number of alkyl carbamates (subject to hydrolysis) is 1. The molecule has 0 spiro atoms. The van der Waals surface area contributed by atoms with E-state index in [1.165, 1.54) is 7.11 Å². The Morgan fingerprint density at radius 1 is 1.04 bits per heavy atom. The first-order valence-electron chi connectivity index (χ1n) is 18.1. The molecule has 3 amide bonds. The molecule has 1 aliphatic heterocycles. The fraction of sp³-hybridized carbons (Fsp3) is 0.450. The summed E-state index contributed by atoms with van der Waals surface area (Å²) in [5, 5.41) is 8.14. The van der Waals surface area contributed by atoms with Gasteiger partial charge in [0.1, 0.15) is 24.7 Å². The highest BCUT2D eigenvalue weighted by Crippen LogP contribution is 2.42. The predicted molar refractivity (Wildman–Crippen MR) is 202 cm³/mol. The highest BCUT2D eigenvalue weighted by molar-refractivity contribution is 6.07. The zero-order chi connectivity index (χ0) is 36.7. The van der Waals surface area contributed by atoms with Crippen LogP contribution in [0.25, 0.3) is 38.6 Å². The number of nitrogens with zero attached hydrogens (tertiary/aromatic N) is 3. The molecule has 1 aromatic heterocycles. The average Bonchev–Trinajstić information content (AvgIpc) is 3.56. The summed E-state index contributed by atoms with van der Waals surface area (Å²) in [4.78, 5) is 49.3. The van der Waals surface area contributed by atoms with Crippen LogP contribution < -0.4 is 15.4 Å². The number of aromatic nitrogens is 2. The third-order valence-electron chi connectivity index (χ3n) is 9.53. The van der Waals surface area contributed by atoms with E-state index in [0.29, 0.717) is 25.4 Å². The molecule has 0 saturated heterocycles. The Kier molecular flexibility index (Phi) is 12.2. The summed E-state index contributed by atoms with van der Waals surface area (Å²) in [5.74, 6) is 1.46. The summed E-state index contributed by atoms with van der Waals surface area (Å²) in [6, 6.07) is 14.9. The van der Waals surface area contributed by atoms with Gasteiger partial charge in [-0.25, -0.2) is 9.78 Å². The van der Waals surface area contributed by atoms with Crippen LogP contribution in [-0.4, -0.2) is 76.5 Å². The molecule has 4 aromatic rings. The lowest BCUT2D eigenvalue weighted by Crippen LogP contribution is -2.44. The van der Waals surface area contributed by atoms with Crippen LogP contribution >= 0.6 is 0 Å². The maximum atomic E-state index is 13.1. The van der Waals surface area contributed by atoms with Crippen LogP contribution in [0.2, 0.25) is 0 Å². The van der Waals surface area contributed by atoms with Crippen LogP contribution in [0.4, 0.5) is 4.79 Å². The number of carbonyl (C=O) groups is 3. The summed E-state index contributed by atoms with van der Waals surface area (Å²) in [7, 11) is 1.27. The van der Waals surface area contributed by atoms with Gasteiger partial charge in [-0.1, -0.05) is 45.0 Å². The fourth-order valence-corrected chi connectivity index (χ4v) is 6.71. The number of benzene rings is 3. The van der Waals surface area contributed by atoms with E-state index < -0.39 is 6.09 Å². The number of rotatable bonds is 15. The third kappa shape index (κ3) is 8.46. The van der Waals surface area contributed by atoms with Gasteiger partial charge in [0, 0.05) is 48.2 Å². The highest BCUT2D eigenvalue weighted by Gasteiger charge is 2.24. The topological polar surface area (TPSA) is 129 Å². The molecule has 3 aromatic carbocycles. The Balaban J connectivity index is 1.37. The van der Waals surface area contributed by atoms with E-state index in [9.17, 15) is 14.4 Å². The van der Waals surface area contributed by atoms with Gasteiger partial charge in [-0.05, 0) is 86.4 Å². The lowest BCUT2D eigenvalue weighted by Gasteiger charge is -2.28. The number of nitrogens with one attached hydrogen (secondary N) is 3. The van der Waals surface area contributed by atoms with E-state index >= 15 is 0 Å². The van der Waals surface area contributed by atoms with Gasteiger partial charge in [-0.3, -0.25) is 9.59 Å². The van der Waals surface area contributed by atoms with Crippen LogP contribution in [0.5, 0.6) is 5.75 Å². The molecule has 1 aliphatic rings. The van der Waals surface area contributed by atoms with Crippen LogP contribution in [0, 0.1) is 0 Å². The quantitative estimate of drug-likeness (QED) is 0.121. The number of amides is 3. The predicted octanol–water partition coefficient (Wildman–Crippen LogP) is 7.14. The summed E-state index contributed by atoms with van der Waals surface area (Å²) >= 11 is 0. The Morgan fingerprint density at radius 3 is 2.55 bits per heavy atom. The number of aromatic amines is 1. The standard InChI is InChI=1S/C40H52N6O5/c1-8-12-37(47)45(17-9-2)22-25(5)42-33(11-4)28-13-15-30-29(18-28)24-51-35-20-31-27(19-32(30)35)14-16-34-39(31)44-36(43-34)23-46(26(6)10-3)38(48)21-41-40(49)50-7/h11,13-16,18-20,25-26,42H,8-10,12,17,21-24H2,1-7H3,(H,41,49)(H,43,44)/b33-11-/t25?,26-/m0/s1. The average molecular weight is 697 g/mol. The second-order valence-corrected chi connectivity index (χ2v) is 13.3. The molecule has 5 rings (SSSR count). The van der Waals surface area contributed by atoms with E-state index in [-0.39, 0.29) is 37.0 Å². The van der Waals surface area contributed by atoms with Crippen molar-refractivity contribution in [3.05, 3.63) is 65.5 Å². The number of allylic oxidation sites excluding steroid dienone is 1. The summed E-state index contributed by atoms with van der Waals surface area (Å²) in [5.41, 5.74) is 7.06. The number of imidazole rings is 1. The largest absolute Gasteiger partial charge is 0.488 e. The molecule has 0 radical (unpaired) electrons. The number of fused-ring (bicyclic) bond motifs is 6. The molecule has 3 N–H and O–H groups in total. The van der Waals surface area contributed by atoms with Gasteiger partial charge in [0.15, 0.2) is 0 Å². The van der Waals surface area contributed by atoms with Crippen LogP contribution in [0.1, 0.15) is 84.2 Å². The lowest BCUT2D eigenvalue weighted by molar-refractivity contribution is -0.133. The molecule has 0 fully saturated rings. The molecule has 2 heterocycles. The number of methoxy groups -OCH3 is 1. The van der Waals surface area contributed by atoms with Crippen molar-refractivity contribution < 1.29 is 23.9 Å². The monoisotopic (exact) mass is 696 g/mol. The SMILES string of the molecule is C/C=C(\NC(C)CN(CCC)C(=O)CCC)c1ccc2c(c1)COc1cc3c(ccc4[nH]c(CN(C(=O)CNC(=O)OC)[C@@H](C)CC)nc43)cc1-2. The summed E-state index contributed by atoms with van der Waals surface area (Å²) in [6.07, 6.45) is 4.56. The molecule has 11 nitrogen and oxygen atoms in total. The zero-order valence-electron chi connectivity index (χ0n) is 31.0. The van der Waals surface area contributed by atoms with Crippen molar-refractivity contribution in [2.45, 2.75) is 92.5 Å². The van der Waals surface area contributed by atoms with Crippen molar-refractivity contribution in [3.63, 3.8) is 0 Å². The number of carbonyl (C=O) groups excluding carboxylic acids is 3. The van der Waals surface area contributed by atoms with Gasteiger partial charge in [0.2, 0.25) is 11.8 Å². The molecule has 0 saturated carbocycles. The zero-order valence-corrected chi connectivity index (χ0v) is 31.0. The van der Waals surface area contributed by atoms with Crippen molar-refractivity contribution >= 4 is 45.4 Å². The summed E-state index contributed by atoms with van der Waals surface area (Å²) in [6.45, 7) is 14.3. The van der Waals surface area contributed by atoms with Gasteiger partial charge in [0.05, 0.1) is 24.7 Å². The minimum atomic E-state index is -0.646. The molecule has 0 aliphatic carbocycles. The van der Waals surface area contributed by atoms with Gasteiger partial charge in [-0.2, -0.15) is 0 Å². The minimum Gasteiger partial charge on any atom is -0.488 e. The van der Waals surface area contributed by atoms with Crippen molar-refractivity contribution in [3.8, 4) is 16.9 Å². The van der Waals surface area contributed by atoms with Crippen molar-refractivity contribution in [2.24, 2.45) is 0 Å². The second kappa shape index (κ2) is 16.8. The van der Waals surface area contributed by atoms with E-state index in [0.717, 1.165) is 81.3 Å². The number of ether oxygens (including phenoxy) is 2. The van der Waals surface area contributed by atoms with Crippen molar-refractivity contribution in [2.75, 3.05) is 26.7 Å². The van der Waals surface area contributed by atoms with E-state index in [2.05, 4.69) is 76.7 Å². The number of hydrogen-bond donors (Lipinski definition) is 3. The van der Waals surface area contributed by atoms with Crippen molar-refractivity contribution in [1.29, 1.82) is 0 Å². The van der Waals surface area contributed by atoms with Crippen molar-refractivity contribution in [1.82, 2.24) is 30.4 Å². The van der Waals surface area contributed by atoms with Gasteiger partial charge in [0.25, 0.3) is 0 Å². The smallest absolute Gasteiger partial charge is 0.407 e. The fourth-order valence-electron chi connectivity index (χ4n) is 6.71. The Labute approximate surface area is 300 Å². The molecule has 1 unspecified atom stereocenters. The Hall–Kier alpha value is -5.06. The van der Waals surface area contributed by atoms with Crippen LogP contribution in [-0.2, 0) is 27.5 Å². The molecule has 272 valence electrons. The Bertz CT molecular complexity index is 1920. The van der Waals surface area contributed by atoms with Gasteiger partial charge < -0.3 is 34.9 Å². The molecule has 51 heavy (non-hydrogen) atoms. The third-order valence-corrected chi connectivity index (χ3v) is 9.53. The first kappa shape index (κ1) is 37.2. The maximum absolute atomic E-state index is 13.1. The molecular weight excluding hydrogens is 644 g/mol. The van der Waals surface area contributed by atoms with Gasteiger partial charge >= 0.3 is 6.09 Å². The van der Waals surface area contributed by atoms with E-state index in [4.69, 9.17) is 9.72 Å². The molecular formula is C40H52N6O5. The maximum Gasteiger partial charge on any atom is 0.407 e. The van der Waals surface area contributed by atoms with E-state index in [1.807, 2.05) is 38.7 Å². The number of H-pyrrole nitrogens is 1. The second-order valence-electron chi connectivity index (χ2n) is 13.3. The first-order valence-corrected chi connectivity index (χ1v) is 18.1. The minimum absolute atomic E-state index is 0.0524. The van der Waals surface area contributed by atoms with E-state index in [1.54, 1.807) is 4.90 Å². The van der Waals surface area contributed by atoms with Crippen LogP contribution in [0.3, 0.4) is 0 Å². The Morgan fingerprint density at radius 2 is 1.84 bits per heavy atom. The highest BCUT2D eigenvalue weighted by atomic mass is 16.5. The summed E-state index contributed by atoms with van der Waals surface area (Å²) < 4.78 is 11.0. The van der Waals surface area contributed by atoms with Crippen LogP contribution in [0.15, 0.2) is 48.5 Å². The molecule has 11 heteroatoms.